The molecule has 1 saturated carbocycles. The maximum atomic E-state index is 11.0. The summed E-state index contributed by atoms with van der Waals surface area (Å²) in [5, 5.41) is 12.7. The predicted molar refractivity (Wildman–Crippen MR) is 80.8 cm³/mol. The fourth-order valence-corrected chi connectivity index (χ4v) is 3.41. The Balaban J connectivity index is 1.84. The standard InChI is InChI=1S/C16H30N2O2/c1-12(2)6-7-17-14-8-13(9-16(19)20)10-18(11-14)15-4-3-5-15/h12-15,17H,3-11H2,1-2H3,(H,19,20). The number of carboxylic acid groups (broad SMARTS) is 1. The van der Waals surface area contributed by atoms with Crippen LogP contribution < -0.4 is 5.32 Å². The Bertz CT molecular complexity index is 316. The fraction of sp³-hybridized carbons (Fsp3) is 0.938. The van der Waals surface area contributed by atoms with Crippen LogP contribution in [0.15, 0.2) is 0 Å². The van der Waals surface area contributed by atoms with E-state index < -0.39 is 5.97 Å². The Morgan fingerprint density at radius 2 is 2.10 bits per heavy atom. The molecule has 0 radical (unpaired) electrons. The van der Waals surface area contributed by atoms with Crippen molar-refractivity contribution < 1.29 is 9.90 Å². The average molecular weight is 282 g/mol. The topological polar surface area (TPSA) is 52.6 Å². The number of likely N-dealkylation sites (tertiary alicyclic amines) is 1. The summed E-state index contributed by atoms with van der Waals surface area (Å²) in [6.45, 7) is 7.64. The highest BCUT2D eigenvalue weighted by molar-refractivity contribution is 5.67. The number of nitrogens with zero attached hydrogens (tertiary/aromatic N) is 1. The summed E-state index contributed by atoms with van der Waals surface area (Å²) in [7, 11) is 0. The van der Waals surface area contributed by atoms with E-state index in [0.29, 0.717) is 18.4 Å². The Labute approximate surface area is 122 Å². The van der Waals surface area contributed by atoms with Crippen LogP contribution in [-0.2, 0) is 4.79 Å². The molecule has 0 amide bonds. The number of rotatable bonds is 7. The summed E-state index contributed by atoms with van der Waals surface area (Å²) in [5.74, 6) is 0.397. The van der Waals surface area contributed by atoms with Crippen LogP contribution in [0.25, 0.3) is 0 Å². The van der Waals surface area contributed by atoms with E-state index in [0.717, 1.165) is 38.0 Å². The molecule has 0 bridgehead atoms. The molecule has 4 heteroatoms. The van der Waals surface area contributed by atoms with Gasteiger partial charge in [0.2, 0.25) is 0 Å². The second kappa shape index (κ2) is 7.41. The van der Waals surface area contributed by atoms with Crippen molar-refractivity contribution in [3.63, 3.8) is 0 Å². The Morgan fingerprint density at radius 1 is 1.35 bits per heavy atom. The van der Waals surface area contributed by atoms with Crippen molar-refractivity contribution in [2.75, 3.05) is 19.6 Å². The van der Waals surface area contributed by atoms with Crippen LogP contribution in [-0.4, -0.2) is 47.7 Å². The summed E-state index contributed by atoms with van der Waals surface area (Å²) in [5.41, 5.74) is 0. The lowest BCUT2D eigenvalue weighted by Crippen LogP contribution is -2.54. The largest absolute Gasteiger partial charge is 0.481 e. The fourth-order valence-electron chi connectivity index (χ4n) is 3.41. The monoisotopic (exact) mass is 282 g/mol. The molecule has 2 unspecified atom stereocenters. The number of carboxylic acids is 1. The molecule has 2 fully saturated rings. The van der Waals surface area contributed by atoms with Crippen LogP contribution >= 0.6 is 0 Å². The SMILES string of the molecule is CC(C)CCNC1CC(CC(=O)O)CN(C2CCC2)C1. The average Bonchev–Trinajstić information content (AvgIpc) is 2.24. The summed E-state index contributed by atoms with van der Waals surface area (Å²) < 4.78 is 0. The molecule has 2 aliphatic rings. The molecule has 0 aromatic carbocycles. The minimum absolute atomic E-state index is 0.318. The maximum Gasteiger partial charge on any atom is 0.303 e. The van der Waals surface area contributed by atoms with Gasteiger partial charge in [-0.05, 0) is 44.1 Å². The number of carbonyl (C=O) groups is 1. The summed E-state index contributed by atoms with van der Waals surface area (Å²) in [6.07, 6.45) is 6.50. The van der Waals surface area contributed by atoms with Crippen LogP contribution in [0.5, 0.6) is 0 Å². The van der Waals surface area contributed by atoms with Crippen LogP contribution in [0, 0.1) is 11.8 Å². The third-order valence-electron chi connectivity index (χ3n) is 4.77. The van der Waals surface area contributed by atoms with E-state index in [1.54, 1.807) is 0 Å². The van der Waals surface area contributed by atoms with Gasteiger partial charge in [0, 0.05) is 31.6 Å². The van der Waals surface area contributed by atoms with Gasteiger partial charge in [0.15, 0.2) is 0 Å². The van der Waals surface area contributed by atoms with Crippen molar-refractivity contribution in [1.82, 2.24) is 10.2 Å². The van der Waals surface area contributed by atoms with Gasteiger partial charge in [-0.3, -0.25) is 9.69 Å². The van der Waals surface area contributed by atoms with Gasteiger partial charge >= 0.3 is 5.97 Å². The molecule has 4 nitrogen and oxygen atoms in total. The summed E-state index contributed by atoms with van der Waals surface area (Å²) in [6, 6.07) is 1.20. The van der Waals surface area contributed by atoms with Crippen LogP contribution in [0.1, 0.15) is 52.4 Å². The first kappa shape index (κ1) is 15.8. The quantitative estimate of drug-likeness (QED) is 0.752. The van der Waals surface area contributed by atoms with E-state index in [-0.39, 0.29) is 0 Å². The van der Waals surface area contributed by atoms with E-state index in [4.69, 9.17) is 5.11 Å². The van der Waals surface area contributed by atoms with Gasteiger partial charge in [-0.15, -0.1) is 0 Å². The van der Waals surface area contributed by atoms with Crippen molar-refractivity contribution in [3.8, 4) is 0 Å². The van der Waals surface area contributed by atoms with E-state index in [2.05, 4.69) is 24.1 Å². The Hall–Kier alpha value is -0.610. The van der Waals surface area contributed by atoms with Crippen molar-refractivity contribution in [2.45, 2.75) is 64.5 Å². The van der Waals surface area contributed by atoms with Crippen molar-refractivity contribution in [2.24, 2.45) is 11.8 Å². The van der Waals surface area contributed by atoms with Gasteiger partial charge in [0.1, 0.15) is 0 Å². The Kier molecular flexibility index (Phi) is 5.85. The second-order valence-electron chi connectivity index (χ2n) is 7.07. The molecular weight excluding hydrogens is 252 g/mol. The molecular formula is C16H30N2O2. The van der Waals surface area contributed by atoms with Gasteiger partial charge in [-0.2, -0.15) is 0 Å². The number of hydrogen-bond donors (Lipinski definition) is 2. The molecule has 2 atom stereocenters. The normalized spacial score (nSPS) is 28.6. The Morgan fingerprint density at radius 3 is 2.65 bits per heavy atom. The zero-order chi connectivity index (χ0) is 14.5. The zero-order valence-corrected chi connectivity index (χ0v) is 13.0. The van der Waals surface area contributed by atoms with E-state index in [9.17, 15) is 4.79 Å². The molecule has 0 aromatic heterocycles. The van der Waals surface area contributed by atoms with Crippen molar-refractivity contribution in [3.05, 3.63) is 0 Å². The minimum atomic E-state index is -0.647. The number of aliphatic carboxylic acids is 1. The first-order valence-corrected chi connectivity index (χ1v) is 8.23. The van der Waals surface area contributed by atoms with Crippen LogP contribution in [0.4, 0.5) is 0 Å². The molecule has 1 aliphatic carbocycles. The summed E-state index contributed by atoms with van der Waals surface area (Å²) >= 11 is 0. The minimum Gasteiger partial charge on any atom is -0.481 e. The first-order valence-electron chi connectivity index (χ1n) is 8.23. The summed E-state index contributed by atoms with van der Waals surface area (Å²) in [4.78, 5) is 13.5. The number of nitrogens with one attached hydrogen (secondary N) is 1. The van der Waals surface area contributed by atoms with E-state index in [1.807, 2.05) is 0 Å². The van der Waals surface area contributed by atoms with Crippen molar-refractivity contribution >= 4 is 5.97 Å². The van der Waals surface area contributed by atoms with Gasteiger partial charge in [-0.1, -0.05) is 20.3 Å². The van der Waals surface area contributed by atoms with E-state index >= 15 is 0 Å². The first-order chi connectivity index (χ1) is 9.54. The lowest BCUT2D eigenvalue weighted by molar-refractivity contribution is -0.138. The van der Waals surface area contributed by atoms with Gasteiger partial charge in [-0.25, -0.2) is 0 Å². The predicted octanol–water partition coefficient (Wildman–Crippen LogP) is 2.34. The molecule has 20 heavy (non-hydrogen) atoms. The highest BCUT2D eigenvalue weighted by atomic mass is 16.4. The second-order valence-corrected chi connectivity index (χ2v) is 7.07. The molecule has 0 spiro atoms. The highest BCUT2D eigenvalue weighted by Crippen LogP contribution is 2.30. The third kappa shape index (κ3) is 4.74. The van der Waals surface area contributed by atoms with Crippen LogP contribution in [0.3, 0.4) is 0 Å². The molecule has 1 aliphatic heterocycles. The van der Waals surface area contributed by atoms with Crippen molar-refractivity contribution in [1.29, 1.82) is 0 Å². The van der Waals surface area contributed by atoms with E-state index in [1.165, 1.54) is 25.7 Å². The molecule has 0 aromatic rings. The molecule has 1 saturated heterocycles. The molecule has 2 rings (SSSR count). The maximum absolute atomic E-state index is 11.0. The molecule has 2 N–H and O–H groups in total. The highest BCUT2D eigenvalue weighted by Gasteiger charge is 2.34. The van der Waals surface area contributed by atoms with Crippen LogP contribution in [0.2, 0.25) is 0 Å². The number of hydrogen-bond acceptors (Lipinski definition) is 3. The lowest BCUT2D eigenvalue weighted by atomic mass is 9.85. The molecule has 116 valence electrons. The third-order valence-corrected chi connectivity index (χ3v) is 4.77. The smallest absolute Gasteiger partial charge is 0.303 e. The number of piperidine rings is 1. The van der Waals surface area contributed by atoms with Gasteiger partial charge < -0.3 is 10.4 Å². The zero-order valence-electron chi connectivity index (χ0n) is 13.0. The molecule has 1 heterocycles. The lowest BCUT2D eigenvalue weighted by Gasteiger charge is -2.45. The van der Waals surface area contributed by atoms with Gasteiger partial charge in [0.25, 0.3) is 0 Å². The van der Waals surface area contributed by atoms with Gasteiger partial charge in [0.05, 0.1) is 0 Å².